The van der Waals surface area contributed by atoms with E-state index in [1.807, 2.05) is 54.6 Å². The van der Waals surface area contributed by atoms with Crippen molar-refractivity contribution in [2.45, 2.75) is 55.6 Å². The summed E-state index contributed by atoms with van der Waals surface area (Å²) in [5, 5.41) is 3.52. The average Bonchev–Trinajstić information content (AvgIpc) is 3.56. The number of sulfonamides is 1. The molecule has 1 atom stereocenters. The van der Waals surface area contributed by atoms with Gasteiger partial charge < -0.3 is 10.2 Å². The zero-order chi connectivity index (χ0) is 31.8. The SMILES string of the molecule is O=C(NC1CCCC1)[C@H](Cc1ccccc1)N(Cc1ccc(Br)cc1)C(=O)CN(c1cccc(Cl)c1)S(=O)(=O)c1ccccc1. The first-order chi connectivity index (χ1) is 21.7. The first kappa shape index (κ1) is 32.7. The summed E-state index contributed by atoms with van der Waals surface area (Å²) in [6.07, 6.45) is 4.14. The largest absolute Gasteiger partial charge is 0.352 e. The van der Waals surface area contributed by atoms with Gasteiger partial charge in [-0.3, -0.25) is 13.9 Å². The Morgan fingerprint density at radius 3 is 2.13 bits per heavy atom. The van der Waals surface area contributed by atoms with Crippen LogP contribution in [0.5, 0.6) is 0 Å². The summed E-state index contributed by atoms with van der Waals surface area (Å²) in [5.74, 6) is -0.767. The molecule has 1 N–H and O–H groups in total. The Morgan fingerprint density at radius 2 is 1.49 bits per heavy atom. The summed E-state index contributed by atoms with van der Waals surface area (Å²) in [4.78, 5) is 30.1. The van der Waals surface area contributed by atoms with E-state index in [2.05, 4.69) is 21.2 Å². The van der Waals surface area contributed by atoms with Crippen LogP contribution in [0.25, 0.3) is 0 Å². The molecule has 0 heterocycles. The van der Waals surface area contributed by atoms with Crippen LogP contribution >= 0.6 is 27.5 Å². The van der Waals surface area contributed by atoms with E-state index >= 15 is 0 Å². The van der Waals surface area contributed by atoms with Crippen molar-refractivity contribution in [1.29, 1.82) is 0 Å². The molecule has 0 bridgehead atoms. The van der Waals surface area contributed by atoms with Gasteiger partial charge in [-0.15, -0.1) is 0 Å². The Kier molecular flexibility index (Phi) is 11.0. The third kappa shape index (κ3) is 8.54. The van der Waals surface area contributed by atoms with Crippen LogP contribution in [-0.4, -0.2) is 43.8 Å². The number of hydrogen-bond donors (Lipinski definition) is 1. The van der Waals surface area contributed by atoms with Crippen LogP contribution in [0, 0.1) is 0 Å². The molecule has 234 valence electrons. The highest BCUT2D eigenvalue weighted by molar-refractivity contribution is 9.10. The van der Waals surface area contributed by atoms with Gasteiger partial charge >= 0.3 is 0 Å². The van der Waals surface area contributed by atoms with Gasteiger partial charge in [0.25, 0.3) is 10.0 Å². The second-order valence-corrected chi connectivity index (χ2v) is 14.4. The van der Waals surface area contributed by atoms with Gasteiger partial charge in [0.2, 0.25) is 11.8 Å². The molecule has 1 aliphatic rings. The summed E-state index contributed by atoms with van der Waals surface area (Å²) in [7, 11) is -4.18. The fourth-order valence-corrected chi connectivity index (χ4v) is 7.46. The highest BCUT2D eigenvalue weighted by atomic mass is 79.9. The highest BCUT2D eigenvalue weighted by Gasteiger charge is 2.35. The van der Waals surface area contributed by atoms with E-state index in [-0.39, 0.29) is 35.5 Å². The van der Waals surface area contributed by atoms with Gasteiger partial charge in [0.15, 0.2) is 0 Å². The van der Waals surface area contributed by atoms with Crippen molar-refractivity contribution >= 4 is 55.1 Å². The zero-order valence-electron chi connectivity index (χ0n) is 24.7. The van der Waals surface area contributed by atoms with Crippen molar-refractivity contribution in [2.24, 2.45) is 0 Å². The van der Waals surface area contributed by atoms with E-state index in [0.717, 1.165) is 45.6 Å². The lowest BCUT2D eigenvalue weighted by Gasteiger charge is -2.34. The second kappa shape index (κ2) is 15.1. The standard InChI is InChI=1S/C35H35BrClN3O4S/c36-28-20-18-27(19-21-28)24-39(33(22-26-10-3-1-4-11-26)35(42)38-30-13-7-8-14-30)34(41)25-40(31-15-9-12-29(37)23-31)45(43,44)32-16-5-2-6-17-32/h1-6,9-12,15-21,23,30,33H,7-8,13-14,22,24-25H2,(H,38,42)/t33-/m0/s1. The molecule has 7 nitrogen and oxygen atoms in total. The van der Waals surface area contributed by atoms with Crippen LogP contribution in [0.3, 0.4) is 0 Å². The second-order valence-electron chi connectivity index (χ2n) is 11.1. The molecule has 1 saturated carbocycles. The monoisotopic (exact) mass is 707 g/mol. The molecule has 4 aromatic rings. The van der Waals surface area contributed by atoms with Gasteiger partial charge in [0.1, 0.15) is 12.6 Å². The molecule has 45 heavy (non-hydrogen) atoms. The molecule has 0 aromatic heterocycles. The van der Waals surface area contributed by atoms with Gasteiger partial charge in [-0.2, -0.15) is 0 Å². The molecule has 4 aromatic carbocycles. The normalized spacial score (nSPS) is 14.1. The number of halogens is 2. The Hall–Kier alpha value is -3.66. The zero-order valence-corrected chi connectivity index (χ0v) is 27.8. The topological polar surface area (TPSA) is 86.8 Å². The molecule has 0 spiro atoms. The van der Waals surface area contributed by atoms with Gasteiger partial charge in [-0.05, 0) is 66.4 Å². The first-order valence-corrected chi connectivity index (χ1v) is 17.5. The number of anilines is 1. The lowest BCUT2D eigenvalue weighted by atomic mass is 10.0. The fourth-order valence-electron chi connectivity index (χ4n) is 5.59. The average molecular weight is 709 g/mol. The van der Waals surface area contributed by atoms with E-state index in [4.69, 9.17) is 11.6 Å². The van der Waals surface area contributed by atoms with E-state index in [0.29, 0.717) is 5.02 Å². The molecule has 0 unspecified atom stereocenters. The van der Waals surface area contributed by atoms with Crippen molar-refractivity contribution in [1.82, 2.24) is 10.2 Å². The number of benzene rings is 4. The lowest BCUT2D eigenvalue weighted by Crippen LogP contribution is -2.54. The summed E-state index contributed by atoms with van der Waals surface area (Å²) in [6.45, 7) is -0.424. The van der Waals surface area contributed by atoms with Crippen LogP contribution < -0.4 is 9.62 Å². The van der Waals surface area contributed by atoms with Crippen molar-refractivity contribution in [3.05, 3.63) is 130 Å². The van der Waals surface area contributed by atoms with Crippen molar-refractivity contribution in [3.63, 3.8) is 0 Å². The Balaban J connectivity index is 1.56. The predicted molar refractivity (Wildman–Crippen MR) is 181 cm³/mol. The number of carbonyl (C=O) groups excluding carboxylic acids is 2. The number of hydrogen-bond acceptors (Lipinski definition) is 4. The third-order valence-corrected chi connectivity index (χ3v) is 10.5. The van der Waals surface area contributed by atoms with E-state index < -0.39 is 28.5 Å². The van der Waals surface area contributed by atoms with Crippen LogP contribution in [0.15, 0.2) is 119 Å². The molecule has 10 heteroatoms. The van der Waals surface area contributed by atoms with E-state index in [9.17, 15) is 18.0 Å². The fraction of sp³-hybridized carbons (Fsp3) is 0.257. The molecule has 5 rings (SSSR count). The van der Waals surface area contributed by atoms with Crippen LogP contribution in [0.2, 0.25) is 5.02 Å². The minimum absolute atomic E-state index is 0.0389. The Bertz CT molecular complexity index is 1700. The molecule has 1 aliphatic carbocycles. The van der Waals surface area contributed by atoms with Crippen molar-refractivity contribution in [2.75, 3.05) is 10.8 Å². The molecule has 2 amide bonds. The van der Waals surface area contributed by atoms with Crippen LogP contribution in [0.1, 0.15) is 36.8 Å². The molecule has 1 fully saturated rings. The predicted octanol–water partition coefficient (Wildman–Crippen LogP) is 7.00. The third-order valence-electron chi connectivity index (χ3n) is 7.95. The molecule has 0 radical (unpaired) electrons. The maximum atomic E-state index is 14.5. The van der Waals surface area contributed by atoms with Gasteiger partial charge in [0, 0.05) is 28.5 Å². The van der Waals surface area contributed by atoms with E-state index in [1.165, 1.54) is 23.1 Å². The first-order valence-electron chi connectivity index (χ1n) is 14.9. The minimum Gasteiger partial charge on any atom is -0.352 e. The quantitative estimate of drug-likeness (QED) is 0.172. The minimum atomic E-state index is -4.18. The van der Waals surface area contributed by atoms with Crippen LogP contribution in [-0.2, 0) is 32.6 Å². The number of nitrogens with zero attached hydrogens (tertiary/aromatic N) is 2. The van der Waals surface area contributed by atoms with E-state index in [1.54, 1.807) is 36.4 Å². The van der Waals surface area contributed by atoms with Gasteiger partial charge in [-0.25, -0.2) is 8.42 Å². The van der Waals surface area contributed by atoms with Gasteiger partial charge in [0.05, 0.1) is 10.6 Å². The number of amides is 2. The maximum Gasteiger partial charge on any atom is 0.264 e. The summed E-state index contributed by atoms with van der Waals surface area (Å²) < 4.78 is 30.0. The van der Waals surface area contributed by atoms with Crippen molar-refractivity contribution < 1.29 is 18.0 Å². The number of nitrogens with one attached hydrogen (secondary N) is 1. The van der Waals surface area contributed by atoms with Crippen molar-refractivity contribution in [3.8, 4) is 0 Å². The molecule has 0 saturated heterocycles. The van der Waals surface area contributed by atoms with Gasteiger partial charge in [-0.1, -0.05) is 107 Å². The number of carbonyl (C=O) groups is 2. The molecular formula is C35H35BrClN3O4S. The smallest absolute Gasteiger partial charge is 0.264 e. The molecular weight excluding hydrogens is 674 g/mol. The summed E-state index contributed by atoms with van der Waals surface area (Å²) in [5.41, 5.74) is 1.94. The summed E-state index contributed by atoms with van der Waals surface area (Å²) >= 11 is 9.76. The Labute approximate surface area is 278 Å². The maximum absolute atomic E-state index is 14.5. The number of rotatable bonds is 12. The molecule has 0 aliphatic heterocycles. The summed E-state index contributed by atoms with van der Waals surface area (Å²) in [6, 6.07) is 30.6. The Morgan fingerprint density at radius 1 is 0.844 bits per heavy atom. The van der Waals surface area contributed by atoms with Crippen LogP contribution in [0.4, 0.5) is 5.69 Å². The highest BCUT2D eigenvalue weighted by Crippen LogP contribution is 2.27. The lowest BCUT2D eigenvalue weighted by molar-refractivity contribution is -0.140.